The average Bonchev–Trinajstić information content (AvgIpc) is 2.41. The molecule has 0 saturated carbocycles. The number of hydrogen-bond acceptors (Lipinski definition) is 6. The van der Waals surface area contributed by atoms with Gasteiger partial charge < -0.3 is 14.8 Å². The van der Waals surface area contributed by atoms with Crippen molar-refractivity contribution in [1.82, 2.24) is 4.90 Å². The first-order chi connectivity index (χ1) is 8.27. The van der Waals surface area contributed by atoms with Gasteiger partial charge in [0.1, 0.15) is 10.1 Å². The molecule has 0 aromatic carbocycles. The van der Waals surface area contributed by atoms with E-state index in [1.165, 1.54) is 0 Å². The van der Waals surface area contributed by atoms with Gasteiger partial charge in [-0.2, -0.15) is 0 Å². The number of rotatable bonds is 3. The fraction of sp³-hybridized carbons (Fsp3) is 0.750. The van der Waals surface area contributed by atoms with Gasteiger partial charge in [-0.15, -0.1) is 0 Å². The minimum absolute atomic E-state index is 0. The van der Waals surface area contributed by atoms with Gasteiger partial charge in [-0.05, 0) is 12.5 Å². The zero-order valence-electron chi connectivity index (χ0n) is 10.3. The van der Waals surface area contributed by atoms with Crippen molar-refractivity contribution in [2.45, 2.75) is 29.5 Å². The summed E-state index contributed by atoms with van der Waals surface area (Å²) in [7, 11) is -3.91. The van der Waals surface area contributed by atoms with Gasteiger partial charge in [-0.3, -0.25) is 4.79 Å². The van der Waals surface area contributed by atoms with Gasteiger partial charge in [0, 0.05) is 11.5 Å². The Morgan fingerprint density at radius 3 is 2.68 bits per heavy atom. The fourth-order valence-corrected chi connectivity index (χ4v) is 4.72. The van der Waals surface area contributed by atoms with Gasteiger partial charge in [0.25, 0.3) is 0 Å². The van der Waals surface area contributed by atoms with E-state index < -0.39 is 44.4 Å². The first-order valence-electron chi connectivity index (χ1n) is 5.03. The number of carbonyl (C=O) groups is 2. The van der Waals surface area contributed by atoms with Crippen LogP contribution in [0.25, 0.3) is 10.4 Å². The molecule has 2 rings (SSSR count). The van der Waals surface area contributed by atoms with Crippen molar-refractivity contribution in [2.75, 3.05) is 6.54 Å². The van der Waals surface area contributed by atoms with Crippen molar-refractivity contribution >= 4 is 21.7 Å². The molecule has 98 valence electrons. The minimum atomic E-state index is -3.91. The second-order valence-electron chi connectivity index (χ2n) is 4.43. The molecule has 1 amide bonds. The van der Waals surface area contributed by atoms with E-state index in [2.05, 4.69) is 10.0 Å². The molecule has 9 nitrogen and oxygen atoms in total. The predicted molar refractivity (Wildman–Crippen MR) is 55.4 cm³/mol. The molecule has 2 aliphatic heterocycles. The maximum absolute atomic E-state index is 12.2. The molecule has 19 heavy (non-hydrogen) atoms. The van der Waals surface area contributed by atoms with Gasteiger partial charge in [-0.25, -0.2) is 8.42 Å². The van der Waals surface area contributed by atoms with E-state index in [1.807, 2.05) is 0 Å². The van der Waals surface area contributed by atoms with Crippen LogP contribution in [0.15, 0.2) is 5.11 Å². The monoisotopic (exact) mass is 312 g/mol. The van der Waals surface area contributed by atoms with Crippen LogP contribution in [0.1, 0.15) is 13.3 Å². The third kappa shape index (κ3) is 2.13. The number of carboxylic acid groups (broad SMARTS) is 1. The number of hydrogen-bond donors (Lipinski definition) is 0. The second kappa shape index (κ2) is 5.32. The Labute approximate surface area is 151 Å². The maximum atomic E-state index is 12.2. The molecule has 0 aliphatic carbocycles. The molecule has 2 fully saturated rings. The number of fused-ring (bicyclic) bond motifs is 1. The van der Waals surface area contributed by atoms with Crippen molar-refractivity contribution in [2.24, 2.45) is 5.11 Å². The van der Waals surface area contributed by atoms with Crippen molar-refractivity contribution in [3.63, 3.8) is 0 Å². The van der Waals surface area contributed by atoms with E-state index in [-0.39, 0.29) is 57.8 Å². The third-order valence-electron chi connectivity index (χ3n) is 3.48. The van der Waals surface area contributed by atoms with Gasteiger partial charge in [-0.1, -0.05) is 5.11 Å². The molecular formula is C8H9KN4O5S. The van der Waals surface area contributed by atoms with Crippen LogP contribution in [-0.2, 0) is 19.4 Å². The van der Waals surface area contributed by atoms with Crippen LogP contribution in [0.4, 0.5) is 0 Å². The number of β-lactam (4-membered cyclic amide) rings is 1. The summed E-state index contributed by atoms with van der Waals surface area (Å²) in [6.45, 7) is 0.605. The molecule has 0 spiro atoms. The first kappa shape index (κ1) is 16.9. The molecule has 2 aliphatic rings. The SMILES string of the molecule is C[C@]1(CN=[N+]=[N-])[C@H](C(=O)[O-])N2C(=O)C[C@H]2S1(=O)=O.[K+]. The summed E-state index contributed by atoms with van der Waals surface area (Å²) in [6, 6.07) is -1.61. The molecule has 0 aromatic rings. The van der Waals surface area contributed by atoms with E-state index in [0.717, 1.165) is 11.8 Å². The Balaban J connectivity index is 0.00000180. The third-order valence-corrected chi connectivity index (χ3v) is 6.25. The van der Waals surface area contributed by atoms with Crippen LogP contribution in [0, 0.1) is 0 Å². The fourth-order valence-electron chi connectivity index (χ4n) is 2.44. The predicted octanol–water partition coefficient (Wildman–Crippen LogP) is -4.84. The zero-order valence-corrected chi connectivity index (χ0v) is 14.2. The van der Waals surface area contributed by atoms with Crippen LogP contribution in [-0.4, -0.2) is 47.9 Å². The van der Waals surface area contributed by atoms with Crippen LogP contribution in [0.3, 0.4) is 0 Å². The Hall–Kier alpha value is -0.164. The molecule has 2 heterocycles. The summed E-state index contributed by atoms with van der Waals surface area (Å²) in [5.74, 6) is -2.22. The van der Waals surface area contributed by atoms with E-state index in [9.17, 15) is 23.1 Å². The molecule has 11 heteroatoms. The maximum Gasteiger partial charge on any atom is 1.00 e. The van der Waals surface area contributed by atoms with Gasteiger partial charge >= 0.3 is 51.4 Å². The van der Waals surface area contributed by atoms with Crippen molar-refractivity contribution in [1.29, 1.82) is 0 Å². The minimum Gasteiger partial charge on any atom is -0.548 e. The molecule has 2 saturated heterocycles. The Morgan fingerprint density at radius 1 is 1.68 bits per heavy atom. The van der Waals surface area contributed by atoms with Crippen LogP contribution in [0.5, 0.6) is 0 Å². The molecular weight excluding hydrogens is 303 g/mol. The number of nitrogens with zero attached hydrogens (tertiary/aromatic N) is 4. The number of carboxylic acids is 1. The topological polar surface area (TPSA) is 143 Å². The standard InChI is InChI=1S/C8H10N4O5S.K/c1-8(3-10-11-9)6(7(14)15)12-4(13)2-5(12)18(8,16)17;/h5-6H,2-3H2,1H3,(H,14,15);/q;+1/p-1/t5-,6+,8+;/m1./s1. The normalized spacial score (nSPS) is 34.6. The zero-order chi connectivity index (χ0) is 13.7. The number of aliphatic carboxylic acids is 1. The average molecular weight is 312 g/mol. The van der Waals surface area contributed by atoms with E-state index in [4.69, 9.17) is 5.53 Å². The number of amides is 1. The largest absolute Gasteiger partial charge is 1.00 e. The summed E-state index contributed by atoms with van der Waals surface area (Å²) < 4.78 is 22.5. The van der Waals surface area contributed by atoms with Crippen LogP contribution >= 0.6 is 0 Å². The number of azide groups is 1. The summed E-state index contributed by atoms with van der Waals surface area (Å²) in [5.41, 5.74) is 8.26. The summed E-state index contributed by atoms with van der Waals surface area (Å²) in [6.07, 6.45) is -0.238. The first-order valence-corrected chi connectivity index (χ1v) is 6.58. The molecule has 0 unspecified atom stereocenters. The van der Waals surface area contributed by atoms with E-state index in [1.54, 1.807) is 0 Å². The van der Waals surface area contributed by atoms with Crippen molar-refractivity contribution in [3.05, 3.63) is 10.4 Å². The van der Waals surface area contributed by atoms with Crippen molar-refractivity contribution < 1.29 is 74.5 Å². The number of carbonyl (C=O) groups excluding carboxylic acids is 2. The van der Waals surface area contributed by atoms with E-state index >= 15 is 0 Å². The Morgan fingerprint density at radius 2 is 2.26 bits per heavy atom. The Kier molecular flexibility index (Phi) is 4.73. The van der Waals surface area contributed by atoms with Crippen molar-refractivity contribution in [3.8, 4) is 0 Å². The number of sulfone groups is 1. The molecule has 0 radical (unpaired) electrons. The van der Waals surface area contributed by atoms with Gasteiger partial charge in [0.05, 0.1) is 18.4 Å². The second-order valence-corrected chi connectivity index (χ2v) is 6.99. The molecule has 0 N–H and O–H groups in total. The Bertz CT molecular complexity index is 586. The summed E-state index contributed by atoms with van der Waals surface area (Å²) in [4.78, 5) is 25.7. The van der Waals surface area contributed by atoms with Crippen LogP contribution in [0.2, 0.25) is 0 Å². The quantitative estimate of drug-likeness (QED) is 0.169. The van der Waals surface area contributed by atoms with Crippen LogP contribution < -0.4 is 56.5 Å². The molecule has 3 atom stereocenters. The summed E-state index contributed by atoms with van der Waals surface area (Å²) in [5, 5.41) is 13.1. The van der Waals surface area contributed by atoms with E-state index in [0.29, 0.717) is 0 Å². The molecule has 0 bridgehead atoms. The van der Waals surface area contributed by atoms with Gasteiger partial charge in [0.15, 0.2) is 9.84 Å². The smallest absolute Gasteiger partial charge is 0.548 e. The molecule has 0 aromatic heterocycles. The summed E-state index contributed by atoms with van der Waals surface area (Å²) >= 11 is 0. The van der Waals surface area contributed by atoms with Gasteiger partial charge in [0.2, 0.25) is 5.91 Å².